The van der Waals surface area contributed by atoms with Crippen molar-refractivity contribution in [3.05, 3.63) is 35.4 Å². The van der Waals surface area contributed by atoms with Gasteiger partial charge in [-0.05, 0) is 72.1 Å². The van der Waals surface area contributed by atoms with Crippen LogP contribution in [-0.2, 0) is 16.0 Å². The van der Waals surface area contributed by atoms with Gasteiger partial charge < -0.3 is 15.6 Å². The quantitative estimate of drug-likeness (QED) is 0.698. The maximum absolute atomic E-state index is 11.7. The van der Waals surface area contributed by atoms with Crippen LogP contribution in [0.2, 0.25) is 0 Å². The van der Waals surface area contributed by atoms with Gasteiger partial charge in [-0.15, -0.1) is 5.92 Å². The van der Waals surface area contributed by atoms with Gasteiger partial charge in [-0.3, -0.25) is 9.69 Å². The number of amides is 2. The zero-order chi connectivity index (χ0) is 24.2. The summed E-state index contributed by atoms with van der Waals surface area (Å²) in [6.45, 7) is 15.4. The van der Waals surface area contributed by atoms with Crippen LogP contribution in [0.4, 0.5) is 4.79 Å². The van der Waals surface area contributed by atoms with Gasteiger partial charge in [0.2, 0.25) is 5.91 Å². The number of rotatable bonds is 3. The fraction of sp³-hybridized carbons (Fsp3) is 0.600. The average Bonchev–Trinajstić information content (AvgIpc) is 3.14. The van der Waals surface area contributed by atoms with Crippen molar-refractivity contribution in [1.29, 1.82) is 0 Å². The first-order valence-electron chi connectivity index (χ1n) is 10.9. The summed E-state index contributed by atoms with van der Waals surface area (Å²) >= 11 is 0. The summed E-state index contributed by atoms with van der Waals surface area (Å²) in [4.78, 5) is 24.1. The first-order chi connectivity index (χ1) is 14.3. The van der Waals surface area contributed by atoms with E-state index < -0.39 is 29.2 Å². The molecule has 1 aromatic carbocycles. The number of nitrogens with two attached hydrogens (primary N) is 1. The molecule has 1 unspecified atom stereocenters. The van der Waals surface area contributed by atoms with Crippen molar-refractivity contribution in [3.8, 4) is 11.8 Å². The second-order valence-corrected chi connectivity index (χ2v) is 8.80. The Labute approximate surface area is 188 Å². The van der Waals surface area contributed by atoms with E-state index in [4.69, 9.17) is 10.5 Å². The standard InChI is InChI=1S/C13H16O.C10H18N2O3.C2H6/c1-4-5-11-6-8-12(9-7-11)10-13(2,3)14;1-10(2,3)15-9(14)12-6-4-5-7(12)8(11)13;1-2/h6-9,14H,10H2,1-3H3;7H,4-6H2,1-3H3,(H2,11,13);1-2H3. The number of primary amides is 1. The summed E-state index contributed by atoms with van der Waals surface area (Å²) < 4.78 is 5.18. The Morgan fingerprint density at radius 3 is 2.13 bits per heavy atom. The molecule has 0 spiro atoms. The minimum absolute atomic E-state index is 0.455. The molecule has 31 heavy (non-hydrogen) atoms. The molecule has 6 nitrogen and oxygen atoms in total. The average molecular weight is 433 g/mol. The van der Waals surface area contributed by atoms with Gasteiger partial charge in [-0.1, -0.05) is 31.9 Å². The maximum Gasteiger partial charge on any atom is 0.410 e. The second-order valence-electron chi connectivity index (χ2n) is 8.80. The van der Waals surface area contributed by atoms with Gasteiger partial charge in [0, 0.05) is 18.5 Å². The number of benzene rings is 1. The highest BCUT2D eigenvalue weighted by molar-refractivity contribution is 5.84. The molecule has 2 amide bonds. The Hall–Kier alpha value is -2.52. The van der Waals surface area contributed by atoms with Crippen LogP contribution in [0.15, 0.2) is 24.3 Å². The number of likely N-dealkylation sites (tertiary alicyclic amines) is 1. The van der Waals surface area contributed by atoms with E-state index in [0.717, 1.165) is 17.5 Å². The normalized spacial score (nSPS) is 15.4. The highest BCUT2D eigenvalue weighted by atomic mass is 16.6. The van der Waals surface area contributed by atoms with Gasteiger partial charge in [-0.25, -0.2) is 4.79 Å². The van der Waals surface area contributed by atoms with Crippen LogP contribution >= 0.6 is 0 Å². The number of carbonyl (C=O) groups is 2. The Balaban J connectivity index is 0.000000539. The van der Waals surface area contributed by atoms with Crippen molar-refractivity contribution in [2.24, 2.45) is 5.73 Å². The van der Waals surface area contributed by atoms with Gasteiger partial charge in [0.05, 0.1) is 5.60 Å². The third-order valence-electron chi connectivity index (χ3n) is 4.07. The zero-order valence-corrected chi connectivity index (χ0v) is 20.4. The van der Waals surface area contributed by atoms with Crippen molar-refractivity contribution in [2.75, 3.05) is 6.54 Å². The molecule has 0 radical (unpaired) electrons. The van der Waals surface area contributed by atoms with E-state index in [-0.39, 0.29) is 0 Å². The predicted molar refractivity (Wildman–Crippen MR) is 126 cm³/mol. The van der Waals surface area contributed by atoms with E-state index in [1.807, 2.05) is 58.9 Å². The Bertz CT molecular complexity index is 747. The van der Waals surface area contributed by atoms with Crippen molar-refractivity contribution in [1.82, 2.24) is 4.90 Å². The maximum atomic E-state index is 11.7. The monoisotopic (exact) mass is 432 g/mol. The van der Waals surface area contributed by atoms with Gasteiger partial charge in [-0.2, -0.15) is 0 Å². The van der Waals surface area contributed by atoms with Crippen LogP contribution < -0.4 is 5.73 Å². The first-order valence-corrected chi connectivity index (χ1v) is 10.9. The summed E-state index contributed by atoms with van der Waals surface area (Å²) in [5.41, 5.74) is 6.18. The van der Waals surface area contributed by atoms with Crippen LogP contribution in [0.5, 0.6) is 0 Å². The second kappa shape index (κ2) is 13.0. The molecule has 1 fully saturated rings. The molecule has 2 rings (SSSR count). The third-order valence-corrected chi connectivity index (χ3v) is 4.07. The molecule has 1 heterocycles. The van der Waals surface area contributed by atoms with Crippen molar-refractivity contribution in [2.45, 2.75) is 91.9 Å². The van der Waals surface area contributed by atoms with E-state index in [1.54, 1.807) is 20.8 Å². The molecule has 3 N–H and O–H groups in total. The topological polar surface area (TPSA) is 92.9 Å². The minimum atomic E-state index is -0.641. The summed E-state index contributed by atoms with van der Waals surface area (Å²) in [5.74, 6) is 5.38. The summed E-state index contributed by atoms with van der Waals surface area (Å²) in [7, 11) is 0. The molecule has 1 saturated heterocycles. The fourth-order valence-corrected chi connectivity index (χ4v) is 2.95. The number of ether oxygens (including phenoxy) is 1. The Kier molecular flexibility index (Phi) is 12.0. The van der Waals surface area contributed by atoms with Gasteiger partial charge in [0.25, 0.3) is 0 Å². The smallest absolute Gasteiger partial charge is 0.410 e. The van der Waals surface area contributed by atoms with Gasteiger partial charge in [0.1, 0.15) is 11.6 Å². The van der Waals surface area contributed by atoms with E-state index >= 15 is 0 Å². The lowest BCUT2D eigenvalue weighted by atomic mass is 9.98. The number of hydrogen-bond acceptors (Lipinski definition) is 4. The molecule has 0 aromatic heterocycles. The van der Waals surface area contributed by atoms with Crippen molar-refractivity contribution in [3.63, 3.8) is 0 Å². The van der Waals surface area contributed by atoms with Crippen LogP contribution in [-0.4, -0.2) is 45.8 Å². The lowest BCUT2D eigenvalue weighted by molar-refractivity contribution is -0.122. The number of nitrogens with zero attached hydrogens (tertiary/aromatic N) is 1. The van der Waals surface area contributed by atoms with Crippen LogP contribution in [0, 0.1) is 11.8 Å². The highest BCUT2D eigenvalue weighted by Crippen LogP contribution is 2.20. The molecule has 0 bridgehead atoms. The minimum Gasteiger partial charge on any atom is -0.444 e. The molecular formula is C25H40N2O4. The van der Waals surface area contributed by atoms with Crippen LogP contribution in [0.1, 0.15) is 79.4 Å². The van der Waals surface area contributed by atoms with E-state index in [0.29, 0.717) is 19.4 Å². The molecule has 1 aromatic rings. The number of aliphatic hydroxyl groups is 1. The summed E-state index contributed by atoms with van der Waals surface area (Å²) in [6, 6.07) is 7.49. The molecular weight excluding hydrogens is 392 g/mol. The zero-order valence-electron chi connectivity index (χ0n) is 20.4. The molecule has 6 heteroatoms. The van der Waals surface area contributed by atoms with Gasteiger partial charge in [0.15, 0.2) is 0 Å². The number of hydrogen-bond donors (Lipinski definition) is 2. The summed E-state index contributed by atoms with van der Waals surface area (Å²) in [5, 5.41) is 9.62. The molecule has 0 aliphatic carbocycles. The van der Waals surface area contributed by atoms with Gasteiger partial charge >= 0.3 is 6.09 Å². The molecule has 1 atom stereocenters. The predicted octanol–water partition coefficient (Wildman–Crippen LogP) is 4.27. The van der Waals surface area contributed by atoms with E-state index in [2.05, 4.69) is 11.8 Å². The molecule has 0 saturated carbocycles. The highest BCUT2D eigenvalue weighted by Gasteiger charge is 2.35. The first kappa shape index (κ1) is 28.5. The largest absolute Gasteiger partial charge is 0.444 e. The lowest BCUT2D eigenvalue weighted by Crippen LogP contribution is -2.45. The number of carbonyl (C=O) groups excluding carboxylic acids is 2. The van der Waals surface area contributed by atoms with Crippen LogP contribution in [0.25, 0.3) is 0 Å². The fourth-order valence-electron chi connectivity index (χ4n) is 2.95. The molecule has 1 aliphatic heterocycles. The Morgan fingerprint density at radius 2 is 1.71 bits per heavy atom. The SMILES string of the molecule is CC.CC#Cc1ccc(CC(C)(C)O)cc1.CC(C)(C)OC(=O)N1CCCC1C(N)=O. The lowest BCUT2D eigenvalue weighted by Gasteiger charge is -2.27. The Morgan fingerprint density at radius 1 is 1.16 bits per heavy atom. The molecule has 1 aliphatic rings. The van der Waals surface area contributed by atoms with E-state index in [1.165, 1.54) is 4.90 Å². The van der Waals surface area contributed by atoms with Crippen molar-refractivity contribution < 1.29 is 19.4 Å². The van der Waals surface area contributed by atoms with Crippen molar-refractivity contribution >= 4 is 12.0 Å². The van der Waals surface area contributed by atoms with E-state index in [9.17, 15) is 14.7 Å². The molecule has 174 valence electrons. The summed E-state index contributed by atoms with van der Waals surface area (Å²) in [6.07, 6.45) is 1.65. The third kappa shape index (κ3) is 12.0. The van der Waals surface area contributed by atoms with Crippen LogP contribution in [0.3, 0.4) is 0 Å².